The Bertz CT molecular complexity index is 520. The Morgan fingerprint density at radius 1 is 1.47 bits per heavy atom. The molecule has 2 heterocycles. The van der Waals surface area contributed by atoms with Gasteiger partial charge in [-0.3, -0.25) is 9.00 Å². The number of fused-ring (bicyclic) bond motifs is 3. The monoisotopic (exact) mass is 362 g/mol. The van der Waals surface area contributed by atoms with Crippen molar-refractivity contribution in [3.05, 3.63) is 21.8 Å². The molecule has 4 nitrogen and oxygen atoms in total. The minimum Gasteiger partial charge on any atom is -0.356 e. The zero-order valence-electron chi connectivity index (χ0n) is 8.98. The van der Waals surface area contributed by atoms with Gasteiger partial charge in [0.1, 0.15) is 6.04 Å². The first-order valence-corrected chi connectivity index (χ1v) is 7.94. The van der Waals surface area contributed by atoms with Crippen LogP contribution in [0.15, 0.2) is 18.2 Å². The zero-order valence-corrected chi connectivity index (χ0v) is 12.0. The third-order valence-electron chi connectivity index (χ3n) is 3.11. The molecule has 6 heteroatoms. The van der Waals surface area contributed by atoms with Crippen molar-refractivity contribution in [2.24, 2.45) is 0 Å². The number of hydrogen-bond acceptors (Lipinski definition) is 3. The maximum Gasteiger partial charge on any atom is 0.248 e. The topological polar surface area (TPSA) is 49.4 Å². The molecular weight excluding hydrogens is 351 g/mol. The molecule has 17 heavy (non-hydrogen) atoms. The molecule has 2 atom stereocenters. The molecule has 1 aromatic carbocycles. The van der Waals surface area contributed by atoms with Gasteiger partial charge in [0.25, 0.3) is 0 Å². The van der Waals surface area contributed by atoms with Gasteiger partial charge in [-0.2, -0.15) is 0 Å². The first-order valence-electron chi connectivity index (χ1n) is 5.37. The smallest absolute Gasteiger partial charge is 0.248 e. The second-order valence-corrected chi connectivity index (χ2v) is 7.04. The number of carbonyl (C=O) groups is 1. The fourth-order valence-electron chi connectivity index (χ4n) is 2.29. The van der Waals surface area contributed by atoms with Gasteiger partial charge in [-0.25, -0.2) is 0 Å². The van der Waals surface area contributed by atoms with Gasteiger partial charge >= 0.3 is 0 Å². The third-order valence-corrected chi connectivity index (χ3v) is 5.10. The van der Waals surface area contributed by atoms with Crippen molar-refractivity contribution < 1.29 is 9.00 Å². The molecule has 1 aromatic rings. The summed E-state index contributed by atoms with van der Waals surface area (Å²) in [5.41, 5.74) is 1.91. The Hall–Kier alpha value is -0.630. The van der Waals surface area contributed by atoms with Crippen LogP contribution in [0.2, 0.25) is 0 Å². The fraction of sp³-hybridized carbons (Fsp3) is 0.364. The second-order valence-electron chi connectivity index (χ2n) is 4.17. The highest BCUT2D eigenvalue weighted by atomic mass is 127. The molecule has 0 aliphatic carbocycles. The molecule has 0 saturated carbocycles. The van der Waals surface area contributed by atoms with Crippen molar-refractivity contribution in [3.8, 4) is 0 Å². The van der Waals surface area contributed by atoms with E-state index >= 15 is 0 Å². The highest BCUT2D eigenvalue weighted by Gasteiger charge is 2.36. The van der Waals surface area contributed by atoms with Gasteiger partial charge in [0.15, 0.2) is 0 Å². The molecule has 2 aliphatic rings. The molecule has 3 rings (SSSR count). The van der Waals surface area contributed by atoms with E-state index in [1.54, 1.807) is 0 Å². The molecule has 1 saturated heterocycles. The van der Waals surface area contributed by atoms with E-state index in [0.717, 1.165) is 14.9 Å². The van der Waals surface area contributed by atoms with E-state index in [9.17, 15) is 9.00 Å². The summed E-state index contributed by atoms with van der Waals surface area (Å²) in [7, 11) is -0.864. The standard InChI is InChI=1S/C11H11IN2O2S/c12-7-1-2-9-8(5-7)13-11(15)10-6-17(16)4-3-14(9)10/h1-2,5,10H,3-4,6H2,(H,13,15). The lowest BCUT2D eigenvalue weighted by Gasteiger charge is -2.40. The lowest BCUT2D eigenvalue weighted by molar-refractivity contribution is -0.117. The van der Waals surface area contributed by atoms with Crippen molar-refractivity contribution in [2.45, 2.75) is 6.04 Å². The summed E-state index contributed by atoms with van der Waals surface area (Å²) in [4.78, 5) is 14.0. The first kappa shape index (κ1) is 11.5. The highest BCUT2D eigenvalue weighted by molar-refractivity contribution is 14.1. The Morgan fingerprint density at radius 3 is 3.12 bits per heavy atom. The summed E-state index contributed by atoms with van der Waals surface area (Å²) < 4.78 is 12.6. The minimum absolute atomic E-state index is 0.0347. The molecule has 1 fully saturated rings. The lowest BCUT2D eigenvalue weighted by atomic mass is 10.1. The van der Waals surface area contributed by atoms with Crippen LogP contribution < -0.4 is 10.2 Å². The van der Waals surface area contributed by atoms with E-state index < -0.39 is 10.8 Å². The van der Waals surface area contributed by atoms with E-state index in [0.29, 0.717) is 18.1 Å². The van der Waals surface area contributed by atoms with Gasteiger partial charge in [-0.05, 0) is 40.8 Å². The molecular formula is C11H11IN2O2S. The quantitative estimate of drug-likeness (QED) is 0.706. The van der Waals surface area contributed by atoms with E-state index in [1.807, 2.05) is 18.2 Å². The van der Waals surface area contributed by atoms with Crippen LogP contribution in [0.3, 0.4) is 0 Å². The average molecular weight is 362 g/mol. The molecule has 2 aliphatic heterocycles. The van der Waals surface area contributed by atoms with E-state index in [-0.39, 0.29) is 11.9 Å². The van der Waals surface area contributed by atoms with Gasteiger partial charge in [0.05, 0.1) is 17.1 Å². The van der Waals surface area contributed by atoms with Crippen LogP contribution in [0.25, 0.3) is 0 Å². The maximum atomic E-state index is 12.0. The molecule has 0 aromatic heterocycles. The molecule has 0 radical (unpaired) electrons. The number of halogens is 1. The Kier molecular flexibility index (Phi) is 2.86. The number of anilines is 2. The van der Waals surface area contributed by atoms with Crippen molar-refractivity contribution in [1.82, 2.24) is 0 Å². The fourth-order valence-corrected chi connectivity index (χ4v) is 4.03. The van der Waals surface area contributed by atoms with Crippen LogP contribution >= 0.6 is 22.6 Å². The number of amides is 1. The Balaban J connectivity index is 2.05. The summed E-state index contributed by atoms with van der Waals surface area (Å²) in [6, 6.07) is 5.75. The SMILES string of the molecule is O=C1Nc2cc(I)ccc2N2CCS(=O)CC12. The third kappa shape index (κ3) is 1.97. The molecule has 2 unspecified atom stereocenters. The average Bonchev–Trinajstić information content (AvgIpc) is 2.29. The number of benzene rings is 1. The number of hydrogen-bond donors (Lipinski definition) is 1. The maximum absolute atomic E-state index is 12.0. The minimum atomic E-state index is -0.864. The normalized spacial score (nSPS) is 27.1. The summed E-state index contributed by atoms with van der Waals surface area (Å²) in [5, 5.41) is 2.90. The van der Waals surface area contributed by atoms with Gasteiger partial charge in [-0.15, -0.1) is 0 Å². The molecule has 0 spiro atoms. The number of rotatable bonds is 0. The van der Waals surface area contributed by atoms with Crippen LogP contribution in [0.1, 0.15) is 0 Å². The lowest BCUT2D eigenvalue weighted by Crippen LogP contribution is -2.55. The predicted molar refractivity (Wildman–Crippen MR) is 76.8 cm³/mol. The van der Waals surface area contributed by atoms with Gasteiger partial charge in [0.2, 0.25) is 5.91 Å². The predicted octanol–water partition coefficient (Wildman–Crippen LogP) is 1.18. The summed E-state index contributed by atoms with van der Waals surface area (Å²) in [5.74, 6) is 1.06. The van der Waals surface area contributed by atoms with Crippen LogP contribution in [0.5, 0.6) is 0 Å². The van der Waals surface area contributed by atoms with Crippen molar-refractivity contribution in [3.63, 3.8) is 0 Å². The molecule has 0 bridgehead atoms. The van der Waals surface area contributed by atoms with E-state index in [4.69, 9.17) is 0 Å². The van der Waals surface area contributed by atoms with Gasteiger partial charge in [0, 0.05) is 26.7 Å². The molecule has 90 valence electrons. The van der Waals surface area contributed by atoms with Crippen LogP contribution in [-0.2, 0) is 15.6 Å². The van der Waals surface area contributed by atoms with Crippen molar-refractivity contribution in [2.75, 3.05) is 28.3 Å². The van der Waals surface area contributed by atoms with E-state index in [1.165, 1.54) is 0 Å². The highest BCUT2D eigenvalue weighted by Crippen LogP contribution is 2.34. The summed E-state index contributed by atoms with van der Waals surface area (Å²) in [6.45, 7) is 0.693. The molecule has 1 N–H and O–H groups in total. The number of carbonyl (C=O) groups excluding carboxylic acids is 1. The second kappa shape index (κ2) is 4.24. The zero-order chi connectivity index (χ0) is 12.0. The van der Waals surface area contributed by atoms with Crippen molar-refractivity contribution >= 4 is 50.7 Å². The van der Waals surface area contributed by atoms with Crippen LogP contribution in [0.4, 0.5) is 11.4 Å². The summed E-state index contributed by atoms with van der Waals surface area (Å²) >= 11 is 2.23. The first-order chi connectivity index (χ1) is 8.15. The van der Waals surface area contributed by atoms with Crippen molar-refractivity contribution in [1.29, 1.82) is 0 Å². The molecule has 1 amide bonds. The summed E-state index contributed by atoms with van der Waals surface area (Å²) in [6.07, 6.45) is 0. The number of nitrogens with one attached hydrogen (secondary N) is 1. The number of nitrogens with zero attached hydrogens (tertiary/aromatic N) is 1. The van der Waals surface area contributed by atoms with E-state index in [2.05, 4.69) is 32.8 Å². The van der Waals surface area contributed by atoms with Crippen LogP contribution in [-0.4, -0.2) is 34.2 Å². The van der Waals surface area contributed by atoms with Crippen LogP contribution in [0, 0.1) is 3.57 Å². The van der Waals surface area contributed by atoms with Gasteiger partial charge < -0.3 is 10.2 Å². The van der Waals surface area contributed by atoms with Gasteiger partial charge in [-0.1, -0.05) is 0 Å². The Morgan fingerprint density at radius 2 is 2.29 bits per heavy atom. The largest absolute Gasteiger partial charge is 0.356 e. The Labute approximate surface area is 115 Å².